The van der Waals surface area contributed by atoms with Crippen LogP contribution in [0.1, 0.15) is 22.8 Å². The highest BCUT2D eigenvalue weighted by molar-refractivity contribution is 7.94. The molecular formula is C21H21N3O4S2. The number of carbonyl (C=O) groups excluding carboxylic acids is 1. The Kier molecular flexibility index (Phi) is 6.86. The molecular weight excluding hydrogens is 422 g/mol. The summed E-state index contributed by atoms with van der Waals surface area (Å²) in [5.74, 6) is 0.402. The third-order valence-corrected chi connectivity index (χ3v) is 6.91. The van der Waals surface area contributed by atoms with Gasteiger partial charge in [0.15, 0.2) is 0 Å². The number of ether oxygens (including phenoxy) is 1. The molecule has 0 atom stereocenters. The maximum absolute atomic E-state index is 12.3. The maximum Gasteiger partial charge on any atom is 0.271 e. The topological polar surface area (TPSA) is 96.9 Å². The van der Waals surface area contributed by atoms with Crippen LogP contribution in [0.3, 0.4) is 0 Å². The first-order chi connectivity index (χ1) is 14.4. The molecule has 0 unspecified atom stereocenters. The Morgan fingerprint density at radius 1 is 1.07 bits per heavy atom. The van der Waals surface area contributed by atoms with Crippen LogP contribution in [-0.2, 0) is 16.4 Å². The van der Waals surface area contributed by atoms with Gasteiger partial charge >= 0.3 is 0 Å². The lowest BCUT2D eigenvalue weighted by atomic mass is 10.1. The van der Waals surface area contributed by atoms with Crippen molar-refractivity contribution < 1.29 is 17.9 Å². The Morgan fingerprint density at radius 3 is 2.37 bits per heavy atom. The zero-order valence-corrected chi connectivity index (χ0v) is 18.1. The smallest absolute Gasteiger partial charge is 0.271 e. The largest absolute Gasteiger partial charge is 0.497 e. The van der Waals surface area contributed by atoms with E-state index in [1.54, 1.807) is 18.6 Å². The summed E-state index contributed by atoms with van der Waals surface area (Å²) in [7, 11) is -2.01. The van der Waals surface area contributed by atoms with Gasteiger partial charge in [-0.3, -0.25) is 9.52 Å². The molecule has 0 fully saturated rings. The van der Waals surface area contributed by atoms with E-state index in [1.807, 2.05) is 31.2 Å². The van der Waals surface area contributed by atoms with Gasteiger partial charge in [0.05, 0.1) is 7.11 Å². The van der Waals surface area contributed by atoms with Gasteiger partial charge in [-0.25, -0.2) is 13.8 Å². The zero-order chi connectivity index (χ0) is 21.6. The standard InChI is InChI=1S/C21H21N3O4S2/c1-15(14-16-5-11-19(28-2)12-6-16)22-23-21(25)17-7-9-18(10-8-17)24-30(26,27)20-4-3-13-29-20/h3-13,24H,14H2,1-2H3,(H,23,25)/b22-15+. The van der Waals surface area contributed by atoms with E-state index < -0.39 is 10.0 Å². The molecule has 0 aliphatic rings. The van der Waals surface area contributed by atoms with Crippen molar-refractivity contribution in [2.75, 3.05) is 11.8 Å². The zero-order valence-electron chi connectivity index (χ0n) is 16.5. The fraction of sp³-hybridized carbons (Fsp3) is 0.143. The SMILES string of the molecule is COc1ccc(C/C(C)=N/NC(=O)c2ccc(NS(=O)(=O)c3cccs3)cc2)cc1. The number of benzene rings is 2. The number of nitrogens with zero attached hydrogens (tertiary/aromatic N) is 1. The molecule has 156 valence electrons. The predicted molar refractivity (Wildman–Crippen MR) is 119 cm³/mol. The van der Waals surface area contributed by atoms with E-state index in [0.29, 0.717) is 17.7 Å². The average molecular weight is 444 g/mol. The molecule has 0 radical (unpaired) electrons. The Hall–Kier alpha value is -3.17. The second-order valence-electron chi connectivity index (χ2n) is 6.43. The summed E-state index contributed by atoms with van der Waals surface area (Å²) in [4.78, 5) is 12.3. The summed E-state index contributed by atoms with van der Waals surface area (Å²) in [5, 5.41) is 5.82. The van der Waals surface area contributed by atoms with Crippen molar-refractivity contribution in [2.24, 2.45) is 5.10 Å². The van der Waals surface area contributed by atoms with Crippen LogP contribution in [0.15, 0.2) is 75.4 Å². The molecule has 0 bridgehead atoms. The number of hydrogen-bond donors (Lipinski definition) is 2. The van der Waals surface area contributed by atoms with E-state index >= 15 is 0 Å². The number of anilines is 1. The number of amides is 1. The lowest BCUT2D eigenvalue weighted by molar-refractivity contribution is 0.0954. The van der Waals surface area contributed by atoms with Crippen LogP contribution >= 0.6 is 11.3 Å². The highest BCUT2D eigenvalue weighted by atomic mass is 32.2. The van der Waals surface area contributed by atoms with E-state index in [-0.39, 0.29) is 10.1 Å². The molecule has 0 spiro atoms. The van der Waals surface area contributed by atoms with Gasteiger partial charge < -0.3 is 4.74 Å². The molecule has 1 amide bonds. The summed E-state index contributed by atoms with van der Waals surface area (Å²) >= 11 is 1.13. The number of rotatable bonds is 8. The normalized spacial score (nSPS) is 11.7. The van der Waals surface area contributed by atoms with Gasteiger partial charge in [0, 0.05) is 23.4 Å². The monoisotopic (exact) mass is 443 g/mol. The van der Waals surface area contributed by atoms with Crippen molar-refractivity contribution in [1.82, 2.24) is 5.43 Å². The number of nitrogens with one attached hydrogen (secondary N) is 2. The van der Waals surface area contributed by atoms with E-state index in [9.17, 15) is 13.2 Å². The first-order valence-corrected chi connectivity index (χ1v) is 11.4. The van der Waals surface area contributed by atoms with Gasteiger partial charge in [0.1, 0.15) is 9.96 Å². The number of hydrazone groups is 1. The number of carbonyl (C=O) groups is 1. The van der Waals surface area contributed by atoms with Gasteiger partial charge in [0.2, 0.25) is 0 Å². The quantitative estimate of drug-likeness (QED) is 0.408. The van der Waals surface area contributed by atoms with E-state index in [2.05, 4.69) is 15.2 Å². The summed E-state index contributed by atoms with van der Waals surface area (Å²) in [6.07, 6.45) is 0.591. The Balaban J connectivity index is 1.58. The molecule has 0 saturated heterocycles. The molecule has 0 aliphatic carbocycles. The molecule has 0 aliphatic heterocycles. The first kappa shape index (κ1) is 21.5. The average Bonchev–Trinajstić information content (AvgIpc) is 3.29. The van der Waals surface area contributed by atoms with Gasteiger partial charge in [-0.05, 0) is 60.3 Å². The van der Waals surface area contributed by atoms with Crippen LogP contribution in [0.25, 0.3) is 0 Å². The lowest BCUT2D eigenvalue weighted by Crippen LogP contribution is -2.19. The molecule has 30 heavy (non-hydrogen) atoms. The van der Waals surface area contributed by atoms with Crippen LogP contribution in [-0.4, -0.2) is 27.1 Å². The molecule has 3 rings (SSSR count). The number of hydrogen-bond acceptors (Lipinski definition) is 6. The van der Waals surface area contributed by atoms with Crippen LogP contribution in [0.5, 0.6) is 5.75 Å². The summed E-state index contributed by atoms with van der Waals surface area (Å²) in [5.41, 5.74) is 5.06. The minimum absolute atomic E-state index is 0.228. The minimum Gasteiger partial charge on any atom is -0.497 e. The van der Waals surface area contributed by atoms with Crippen LogP contribution in [0.4, 0.5) is 5.69 Å². The fourth-order valence-corrected chi connectivity index (χ4v) is 4.65. The number of thiophene rings is 1. The van der Waals surface area contributed by atoms with Crippen molar-refractivity contribution in [2.45, 2.75) is 17.6 Å². The molecule has 3 aromatic rings. The lowest BCUT2D eigenvalue weighted by Gasteiger charge is -2.07. The molecule has 1 heterocycles. The van der Waals surface area contributed by atoms with Crippen LogP contribution in [0.2, 0.25) is 0 Å². The van der Waals surface area contributed by atoms with Gasteiger partial charge in [0.25, 0.3) is 15.9 Å². The molecule has 7 nitrogen and oxygen atoms in total. The third-order valence-electron chi connectivity index (χ3n) is 4.13. The second-order valence-corrected chi connectivity index (χ2v) is 9.28. The highest BCUT2D eigenvalue weighted by Gasteiger charge is 2.15. The summed E-state index contributed by atoms with van der Waals surface area (Å²) in [6.45, 7) is 1.83. The van der Waals surface area contributed by atoms with E-state index in [0.717, 1.165) is 28.4 Å². The highest BCUT2D eigenvalue weighted by Crippen LogP contribution is 2.20. The maximum atomic E-state index is 12.3. The van der Waals surface area contributed by atoms with E-state index in [1.165, 1.54) is 30.3 Å². The van der Waals surface area contributed by atoms with E-state index in [4.69, 9.17) is 4.74 Å². The van der Waals surface area contributed by atoms with Crippen LogP contribution in [0, 0.1) is 0 Å². The summed E-state index contributed by atoms with van der Waals surface area (Å²) < 4.78 is 32.3. The van der Waals surface area contributed by atoms with Crippen molar-refractivity contribution in [3.05, 3.63) is 77.2 Å². The van der Waals surface area contributed by atoms with Crippen LogP contribution < -0.4 is 14.9 Å². The fourth-order valence-electron chi connectivity index (χ4n) is 2.60. The van der Waals surface area contributed by atoms with Crippen molar-refractivity contribution >= 4 is 38.7 Å². The van der Waals surface area contributed by atoms with Crippen molar-refractivity contribution in [3.8, 4) is 5.75 Å². The predicted octanol–water partition coefficient (Wildman–Crippen LogP) is 3.91. The second kappa shape index (κ2) is 9.55. The third kappa shape index (κ3) is 5.68. The van der Waals surface area contributed by atoms with Crippen molar-refractivity contribution in [3.63, 3.8) is 0 Å². The number of sulfonamides is 1. The van der Waals surface area contributed by atoms with Gasteiger partial charge in [-0.2, -0.15) is 5.10 Å². The number of methoxy groups -OCH3 is 1. The molecule has 2 aromatic carbocycles. The van der Waals surface area contributed by atoms with Gasteiger partial charge in [-0.15, -0.1) is 11.3 Å². The summed E-state index contributed by atoms with van der Waals surface area (Å²) in [6, 6.07) is 17.0. The Morgan fingerprint density at radius 2 is 1.77 bits per heavy atom. The Bertz CT molecular complexity index is 1120. The van der Waals surface area contributed by atoms with Crippen molar-refractivity contribution in [1.29, 1.82) is 0 Å². The first-order valence-electron chi connectivity index (χ1n) is 9.00. The molecule has 9 heteroatoms. The molecule has 1 aromatic heterocycles. The minimum atomic E-state index is -3.62. The van der Waals surface area contributed by atoms with Gasteiger partial charge in [-0.1, -0.05) is 18.2 Å². The molecule has 2 N–H and O–H groups in total. The molecule has 0 saturated carbocycles. The Labute approximate surface area is 179 Å².